The van der Waals surface area contributed by atoms with Gasteiger partial charge in [-0.2, -0.15) is 4.98 Å². The molecule has 3 atom stereocenters. The highest BCUT2D eigenvalue weighted by molar-refractivity contribution is 4.94. The van der Waals surface area contributed by atoms with Crippen LogP contribution >= 0.6 is 0 Å². The first-order chi connectivity index (χ1) is 9.28. The second-order valence-corrected chi connectivity index (χ2v) is 5.80. The predicted molar refractivity (Wildman–Crippen MR) is 70.5 cm³/mol. The number of aromatic nitrogens is 2. The minimum absolute atomic E-state index is 0.109. The summed E-state index contributed by atoms with van der Waals surface area (Å²) in [5, 5.41) is 14.1. The van der Waals surface area contributed by atoms with Crippen molar-refractivity contribution in [2.24, 2.45) is 5.92 Å². The van der Waals surface area contributed by atoms with Gasteiger partial charge in [0.05, 0.1) is 12.6 Å². The minimum atomic E-state index is -0.109. The zero-order chi connectivity index (χ0) is 13.2. The topological polar surface area (TPSA) is 62.4 Å². The number of hydrogen-bond acceptors (Lipinski definition) is 5. The average molecular weight is 265 g/mol. The van der Waals surface area contributed by atoms with Crippen LogP contribution in [0.2, 0.25) is 0 Å². The molecule has 1 N–H and O–H groups in total. The Bertz CT molecular complexity index is 421. The van der Waals surface area contributed by atoms with Crippen LogP contribution in [0, 0.1) is 5.92 Å². The summed E-state index contributed by atoms with van der Waals surface area (Å²) in [5.41, 5.74) is 0. The van der Waals surface area contributed by atoms with E-state index in [1.54, 1.807) is 0 Å². The molecule has 1 aliphatic heterocycles. The Morgan fingerprint density at radius 3 is 2.89 bits per heavy atom. The molecule has 2 fully saturated rings. The maximum Gasteiger partial charge on any atom is 0.226 e. The molecule has 0 spiro atoms. The SMILES string of the molecule is CCc1nc(CN2CCCC2C2CCCC2O)no1. The summed E-state index contributed by atoms with van der Waals surface area (Å²) in [6, 6.07) is 0.501. The van der Waals surface area contributed by atoms with E-state index in [1.807, 2.05) is 6.92 Å². The molecule has 5 heteroatoms. The number of aliphatic hydroxyl groups excluding tert-OH is 1. The molecule has 1 aromatic heterocycles. The van der Waals surface area contributed by atoms with E-state index in [4.69, 9.17) is 4.52 Å². The van der Waals surface area contributed by atoms with E-state index >= 15 is 0 Å². The molecule has 0 aromatic carbocycles. The lowest BCUT2D eigenvalue weighted by atomic mass is 9.94. The van der Waals surface area contributed by atoms with E-state index in [0.717, 1.165) is 38.2 Å². The van der Waals surface area contributed by atoms with Gasteiger partial charge in [0.1, 0.15) is 0 Å². The van der Waals surface area contributed by atoms with E-state index in [0.29, 0.717) is 17.9 Å². The van der Waals surface area contributed by atoms with Crippen LogP contribution in [0.15, 0.2) is 4.52 Å². The van der Waals surface area contributed by atoms with Gasteiger partial charge in [-0.1, -0.05) is 18.5 Å². The summed E-state index contributed by atoms with van der Waals surface area (Å²) in [5.74, 6) is 1.95. The van der Waals surface area contributed by atoms with Crippen LogP contribution in [0.1, 0.15) is 50.7 Å². The molecule has 5 nitrogen and oxygen atoms in total. The van der Waals surface area contributed by atoms with E-state index in [1.165, 1.54) is 19.3 Å². The Kier molecular flexibility index (Phi) is 3.84. The van der Waals surface area contributed by atoms with Gasteiger partial charge in [0.25, 0.3) is 0 Å². The summed E-state index contributed by atoms with van der Waals surface area (Å²) in [4.78, 5) is 6.82. The fourth-order valence-corrected chi connectivity index (χ4v) is 3.63. The monoisotopic (exact) mass is 265 g/mol. The molecule has 1 aromatic rings. The third-order valence-corrected chi connectivity index (χ3v) is 4.60. The van der Waals surface area contributed by atoms with Gasteiger partial charge in [-0.15, -0.1) is 0 Å². The van der Waals surface area contributed by atoms with Crippen LogP contribution in [0.5, 0.6) is 0 Å². The molecule has 2 aliphatic rings. The number of likely N-dealkylation sites (tertiary alicyclic amines) is 1. The molecule has 1 aliphatic carbocycles. The van der Waals surface area contributed by atoms with Gasteiger partial charge in [-0.3, -0.25) is 4.90 Å². The van der Waals surface area contributed by atoms with Crippen LogP contribution in [-0.4, -0.2) is 38.8 Å². The van der Waals surface area contributed by atoms with E-state index in [-0.39, 0.29) is 6.10 Å². The maximum absolute atomic E-state index is 10.1. The molecule has 1 saturated carbocycles. The highest BCUT2D eigenvalue weighted by atomic mass is 16.5. The number of aliphatic hydroxyl groups is 1. The molecule has 106 valence electrons. The molecular weight excluding hydrogens is 242 g/mol. The largest absolute Gasteiger partial charge is 0.393 e. The molecule has 0 bridgehead atoms. The first kappa shape index (κ1) is 13.1. The van der Waals surface area contributed by atoms with Crippen molar-refractivity contribution in [3.63, 3.8) is 0 Å². The smallest absolute Gasteiger partial charge is 0.226 e. The van der Waals surface area contributed by atoms with E-state index < -0.39 is 0 Å². The standard InChI is InChI=1S/C14H23N3O2/c1-2-14-15-13(16-19-14)9-17-8-4-6-11(17)10-5-3-7-12(10)18/h10-12,18H,2-9H2,1H3. The Hall–Kier alpha value is -0.940. The number of nitrogens with zero attached hydrogens (tertiary/aromatic N) is 3. The lowest BCUT2D eigenvalue weighted by Gasteiger charge is -2.30. The Balaban J connectivity index is 1.65. The molecule has 0 amide bonds. The summed E-state index contributed by atoms with van der Waals surface area (Å²) in [6.45, 7) is 3.87. The van der Waals surface area contributed by atoms with Gasteiger partial charge in [-0.05, 0) is 32.2 Å². The lowest BCUT2D eigenvalue weighted by molar-refractivity contribution is 0.0706. The fourth-order valence-electron chi connectivity index (χ4n) is 3.63. The van der Waals surface area contributed by atoms with E-state index in [9.17, 15) is 5.11 Å². The number of rotatable bonds is 4. The van der Waals surface area contributed by atoms with Crippen LogP contribution in [-0.2, 0) is 13.0 Å². The summed E-state index contributed by atoms with van der Waals surface area (Å²) < 4.78 is 5.17. The quantitative estimate of drug-likeness (QED) is 0.898. The number of aryl methyl sites for hydroxylation is 1. The second-order valence-electron chi connectivity index (χ2n) is 5.80. The van der Waals surface area contributed by atoms with Crippen LogP contribution in [0.4, 0.5) is 0 Å². The zero-order valence-corrected chi connectivity index (χ0v) is 11.6. The van der Waals surface area contributed by atoms with Gasteiger partial charge in [0.2, 0.25) is 5.89 Å². The fraction of sp³-hybridized carbons (Fsp3) is 0.857. The van der Waals surface area contributed by atoms with Crippen LogP contribution < -0.4 is 0 Å². The minimum Gasteiger partial charge on any atom is -0.393 e. The molecule has 2 heterocycles. The third-order valence-electron chi connectivity index (χ3n) is 4.60. The van der Waals surface area contributed by atoms with Crippen molar-refractivity contribution < 1.29 is 9.63 Å². The van der Waals surface area contributed by atoms with Crippen molar-refractivity contribution in [2.45, 2.75) is 64.1 Å². The van der Waals surface area contributed by atoms with Crippen molar-refractivity contribution in [2.75, 3.05) is 6.54 Å². The highest BCUT2D eigenvalue weighted by Crippen LogP contribution is 2.36. The molecule has 3 rings (SSSR count). The van der Waals surface area contributed by atoms with Gasteiger partial charge in [0.15, 0.2) is 5.82 Å². The van der Waals surface area contributed by atoms with Crippen molar-refractivity contribution in [3.8, 4) is 0 Å². The second kappa shape index (κ2) is 5.59. The lowest BCUT2D eigenvalue weighted by Crippen LogP contribution is -2.38. The van der Waals surface area contributed by atoms with Crippen molar-refractivity contribution in [1.29, 1.82) is 0 Å². The Labute approximate surface area is 114 Å². The Morgan fingerprint density at radius 2 is 2.21 bits per heavy atom. The summed E-state index contributed by atoms with van der Waals surface area (Å²) in [7, 11) is 0. The molecule has 3 unspecified atom stereocenters. The van der Waals surface area contributed by atoms with Crippen LogP contribution in [0.3, 0.4) is 0 Å². The molecule has 19 heavy (non-hydrogen) atoms. The van der Waals surface area contributed by atoms with Crippen molar-refractivity contribution in [1.82, 2.24) is 15.0 Å². The maximum atomic E-state index is 10.1. The number of hydrogen-bond donors (Lipinski definition) is 1. The summed E-state index contributed by atoms with van der Waals surface area (Å²) in [6.07, 6.45) is 6.39. The molecule has 1 saturated heterocycles. The highest BCUT2D eigenvalue weighted by Gasteiger charge is 2.38. The molecule has 0 radical (unpaired) electrons. The van der Waals surface area contributed by atoms with Crippen LogP contribution in [0.25, 0.3) is 0 Å². The Morgan fingerprint density at radius 1 is 1.32 bits per heavy atom. The normalized spacial score (nSPS) is 32.2. The van der Waals surface area contributed by atoms with Gasteiger partial charge in [0, 0.05) is 18.4 Å². The average Bonchev–Trinajstić information content (AvgIpc) is 3.10. The van der Waals surface area contributed by atoms with Gasteiger partial charge >= 0.3 is 0 Å². The first-order valence-electron chi connectivity index (χ1n) is 7.51. The van der Waals surface area contributed by atoms with E-state index in [2.05, 4.69) is 15.0 Å². The van der Waals surface area contributed by atoms with Crippen molar-refractivity contribution >= 4 is 0 Å². The van der Waals surface area contributed by atoms with Gasteiger partial charge < -0.3 is 9.63 Å². The summed E-state index contributed by atoms with van der Waals surface area (Å²) >= 11 is 0. The zero-order valence-electron chi connectivity index (χ0n) is 11.6. The third kappa shape index (κ3) is 2.67. The van der Waals surface area contributed by atoms with Crippen molar-refractivity contribution in [3.05, 3.63) is 11.7 Å². The molecular formula is C14H23N3O2. The predicted octanol–water partition coefficient (Wildman–Crippen LogP) is 1.76. The first-order valence-corrected chi connectivity index (χ1v) is 7.51. The van der Waals surface area contributed by atoms with Gasteiger partial charge in [-0.25, -0.2) is 0 Å².